The number of rotatable bonds is 10. The number of carbonyl (C=O) groups excluding carboxylic acids is 1. The average Bonchev–Trinajstić information content (AvgIpc) is 2.83. The SMILES string of the molecule is CC(C)C[C@@H](Nc1cnc(C(=O)NCCC(=O)O)cn1)c1ccc(-c2ccc(C(F)(F)F)cc2)cc1. The Labute approximate surface area is 206 Å². The van der Waals surface area contributed by atoms with Gasteiger partial charge in [-0.3, -0.25) is 9.59 Å². The van der Waals surface area contributed by atoms with Gasteiger partial charge in [-0.25, -0.2) is 9.97 Å². The van der Waals surface area contributed by atoms with Crippen LogP contribution in [-0.2, 0) is 11.0 Å². The summed E-state index contributed by atoms with van der Waals surface area (Å²) in [6, 6.07) is 12.5. The number of carbonyl (C=O) groups is 2. The molecule has 3 N–H and O–H groups in total. The third kappa shape index (κ3) is 7.53. The van der Waals surface area contributed by atoms with Gasteiger partial charge in [0.25, 0.3) is 5.91 Å². The first kappa shape index (κ1) is 26.7. The predicted octanol–water partition coefficient (Wildman–Crippen LogP) is 5.57. The number of benzene rings is 2. The van der Waals surface area contributed by atoms with Crippen LogP contribution in [0.5, 0.6) is 0 Å². The summed E-state index contributed by atoms with van der Waals surface area (Å²) < 4.78 is 38.5. The molecule has 190 valence electrons. The Balaban J connectivity index is 1.70. The van der Waals surface area contributed by atoms with Gasteiger partial charge in [-0.05, 0) is 41.2 Å². The minimum absolute atomic E-state index is 0.00518. The van der Waals surface area contributed by atoms with Crippen molar-refractivity contribution in [3.05, 3.63) is 77.7 Å². The van der Waals surface area contributed by atoms with Crippen molar-refractivity contribution in [2.75, 3.05) is 11.9 Å². The number of aliphatic carboxylic acids is 1. The van der Waals surface area contributed by atoms with E-state index in [0.717, 1.165) is 29.7 Å². The van der Waals surface area contributed by atoms with E-state index in [-0.39, 0.29) is 24.7 Å². The van der Waals surface area contributed by atoms with E-state index in [1.165, 1.54) is 24.5 Å². The Hall–Kier alpha value is -3.95. The number of anilines is 1. The summed E-state index contributed by atoms with van der Waals surface area (Å²) in [6.07, 6.45) is -1.02. The number of amides is 1. The lowest BCUT2D eigenvalue weighted by Gasteiger charge is -2.22. The van der Waals surface area contributed by atoms with Gasteiger partial charge in [0.2, 0.25) is 0 Å². The number of carboxylic acid groups (broad SMARTS) is 1. The number of hydrogen-bond acceptors (Lipinski definition) is 5. The normalized spacial score (nSPS) is 12.3. The van der Waals surface area contributed by atoms with Gasteiger partial charge >= 0.3 is 12.1 Å². The number of alkyl halides is 3. The van der Waals surface area contributed by atoms with Crippen molar-refractivity contribution in [2.45, 2.75) is 38.9 Å². The molecule has 1 heterocycles. The Kier molecular flexibility index (Phi) is 8.63. The van der Waals surface area contributed by atoms with Crippen molar-refractivity contribution in [2.24, 2.45) is 5.92 Å². The number of aromatic nitrogens is 2. The standard InChI is InChI=1S/C26H27F3N4O3/c1-16(2)13-21(33-23-15-31-22(14-32-23)25(36)30-12-11-24(34)35)19-5-3-17(4-6-19)18-7-9-20(10-8-18)26(27,28)29/h3-10,14-16,21H,11-13H2,1-2H3,(H,30,36)(H,32,33)(H,34,35)/t21-/m1/s1. The fourth-order valence-electron chi connectivity index (χ4n) is 3.58. The fourth-order valence-corrected chi connectivity index (χ4v) is 3.58. The van der Waals surface area contributed by atoms with E-state index >= 15 is 0 Å². The maximum absolute atomic E-state index is 12.8. The number of hydrogen-bond donors (Lipinski definition) is 3. The van der Waals surface area contributed by atoms with Crippen LogP contribution in [0.1, 0.15) is 54.3 Å². The lowest BCUT2D eigenvalue weighted by atomic mass is 9.95. The third-order valence-electron chi connectivity index (χ3n) is 5.40. The summed E-state index contributed by atoms with van der Waals surface area (Å²) >= 11 is 0. The second kappa shape index (κ2) is 11.7. The van der Waals surface area contributed by atoms with Gasteiger partial charge in [0, 0.05) is 6.54 Å². The van der Waals surface area contributed by atoms with Gasteiger partial charge in [-0.2, -0.15) is 13.2 Å². The largest absolute Gasteiger partial charge is 0.481 e. The van der Waals surface area contributed by atoms with Gasteiger partial charge in [-0.1, -0.05) is 50.2 Å². The molecule has 0 aliphatic carbocycles. The molecule has 0 spiro atoms. The predicted molar refractivity (Wildman–Crippen MR) is 129 cm³/mol. The van der Waals surface area contributed by atoms with Crippen molar-refractivity contribution < 1.29 is 27.9 Å². The van der Waals surface area contributed by atoms with E-state index in [4.69, 9.17) is 5.11 Å². The first-order valence-electron chi connectivity index (χ1n) is 11.4. The molecule has 0 aliphatic heterocycles. The van der Waals surface area contributed by atoms with Crippen LogP contribution < -0.4 is 10.6 Å². The molecular weight excluding hydrogens is 473 g/mol. The summed E-state index contributed by atoms with van der Waals surface area (Å²) in [5.74, 6) is -0.698. The van der Waals surface area contributed by atoms with E-state index in [2.05, 4.69) is 34.4 Å². The highest BCUT2D eigenvalue weighted by molar-refractivity contribution is 5.92. The lowest BCUT2D eigenvalue weighted by Crippen LogP contribution is -2.27. The quantitative estimate of drug-likeness (QED) is 0.336. The monoisotopic (exact) mass is 500 g/mol. The molecule has 1 aromatic heterocycles. The molecule has 0 fully saturated rings. The molecule has 10 heteroatoms. The van der Waals surface area contributed by atoms with E-state index in [9.17, 15) is 22.8 Å². The van der Waals surface area contributed by atoms with E-state index in [1.807, 2.05) is 24.3 Å². The van der Waals surface area contributed by atoms with Crippen LogP contribution in [0.2, 0.25) is 0 Å². The minimum atomic E-state index is -4.37. The second-order valence-electron chi connectivity index (χ2n) is 8.71. The fraction of sp³-hybridized carbons (Fsp3) is 0.308. The van der Waals surface area contributed by atoms with Gasteiger partial charge < -0.3 is 15.7 Å². The topological polar surface area (TPSA) is 104 Å². The van der Waals surface area contributed by atoms with Crippen LogP contribution in [-0.4, -0.2) is 33.5 Å². The lowest BCUT2D eigenvalue weighted by molar-refractivity contribution is -0.138. The molecule has 1 amide bonds. The summed E-state index contributed by atoms with van der Waals surface area (Å²) in [7, 11) is 0. The smallest absolute Gasteiger partial charge is 0.416 e. The highest BCUT2D eigenvalue weighted by atomic mass is 19.4. The van der Waals surface area contributed by atoms with Crippen molar-refractivity contribution in [3.63, 3.8) is 0 Å². The molecule has 0 unspecified atom stereocenters. The van der Waals surface area contributed by atoms with Gasteiger partial charge in [0.1, 0.15) is 11.5 Å². The van der Waals surface area contributed by atoms with Crippen LogP contribution in [0.25, 0.3) is 11.1 Å². The molecule has 0 bridgehead atoms. The van der Waals surface area contributed by atoms with Crippen LogP contribution in [0, 0.1) is 5.92 Å². The summed E-state index contributed by atoms with van der Waals surface area (Å²) in [5.41, 5.74) is 1.85. The van der Waals surface area contributed by atoms with Crippen molar-refractivity contribution >= 4 is 17.7 Å². The summed E-state index contributed by atoms with van der Waals surface area (Å²) in [5, 5.41) is 14.5. The van der Waals surface area contributed by atoms with Crippen LogP contribution in [0.4, 0.5) is 19.0 Å². The van der Waals surface area contributed by atoms with Crippen molar-refractivity contribution in [1.82, 2.24) is 15.3 Å². The Morgan fingerprint density at radius 2 is 1.56 bits per heavy atom. The first-order valence-corrected chi connectivity index (χ1v) is 11.4. The van der Waals surface area contributed by atoms with Crippen molar-refractivity contribution in [3.8, 4) is 11.1 Å². The maximum atomic E-state index is 12.8. The van der Waals surface area contributed by atoms with Gasteiger partial charge in [0.05, 0.1) is 30.4 Å². The number of nitrogens with one attached hydrogen (secondary N) is 2. The molecule has 36 heavy (non-hydrogen) atoms. The van der Waals surface area contributed by atoms with Gasteiger partial charge in [-0.15, -0.1) is 0 Å². The number of halogens is 3. The average molecular weight is 501 g/mol. The summed E-state index contributed by atoms with van der Waals surface area (Å²) in [6.45, 7) is 4.16. The molecule has 3 rings (SSSR count). The molecule has 0 radical (unpaired) electrons. The Morgan fingerprint density at radius 3 is 2.06 bits per heavy atom. The zero-order valence-electron chi connectivity index (χ0n) is 19.8. The van der Waals surface area contributed by atoms with Gasteiger partial charge in [0.15, 0.2) is 0 Å². The molecule has 2 aromatic carbocycles. The molecule has 7 nitrogen and oxygen atoms in total. The Bertz CT molecular complexity index is 1160. The van der Waals surface area contributed by atoms with E-state index in [1.54, 1.807) is 0 Å². The van der Waals surface area contributed by atoms with Crippen LogP contribution >= 0.6 is 0 Å². The molecule has 0 saturated carbocycles. The molecular formula is C26H27F3N4O3. The number of nitrogens with zero attached hydrogens (tertiary/aromatic N) is 2. The summed E-state index contributed by atoms with van der Waals surface area (Å²) in [4.78, 5) is 31.0. The van der Waals surface area contributed by atoms with Crippen LogP contribution in [0.15, 0.2) is 60.9 Å². The highest BCUT2D eigenvalue weighted by Crippen LogP contribution is 2.32. The zero-order chi connectivity index (χ0) is 26.3. The first-order chi connectivity index (χ1) is 17.0. The number of carboxylic acids is 1. The minimum Gasteiger partial charge on any atom is -0.481 e. The van der Waals surface area contributed by atoms with Crippen molar-refractivity contribution in [1.29, 1.82) is 0 Å². The molecule has 0 saturated heterocycles. The van der Waals surface area contributed by atoms with Crippen LogP contribution in [0.3, 0.4) is 0 Å². The van der Waals surface area contributed by atoms with E-state index in [0.29, 0.717) is 17.3 Å². The van der Waals surface area contributed by atoms with E-state index < -0.39 is 23.6 Å². The second-order valence-corrected chi connectivity index (χ2v) is 8.71. The molecule has 3 aromatic rings. The molecule has 1 atom stereocenters. The highest BCUT2D eigenvalue weighted by Gasteiger charge is 2.30. The third-order valence-corrected chi connectivity index (χ3v) is 5.40. The molecule has 0 aliphatic rings. The Morgan fingerprint density at radius 1 is 0.944 bits per heavy atom. The maximum Gasteiger partial charge on any atom is 0.416 e. The zero-order valence-corrected chi connectivity index (χ0v) is 19.8.